The number of allylic oxidation sites excluding steroid dienone is 4. The van der Waals surface area contributed by atoms with Crippen LogP contribution in [0.2, 0.25) is 0 Å². The van der Waals surface area contributed by atoms with E-state index in [1.165, 1.54) is 23.8 Å². The molecule has 0 aromatic heterocycles. The Morgan fingerprint density at radius 2 is 1.85 bits per heavy atom. The number of hydrogen-bond acceptors (Lipinski definition) is 5. The fourth-order valence-corrected chi connectivity index (χ4v) is 7.62. The highest BCUT2D eigenvalue weighted by molar-refractivity contribution is 5.94. The first-order chi connectivity index (χ1) is 16.2. The molecule has 4 aliphatic rings. The molecule has 34 heavy (non-hydrogen) atoms. The van der Waals surface area contributed by atoms with Crippen LogP contribution in [-0.4, -0.2) is 41.8 Å². The first kappa shape index (κ1) is 23.4. The van der Waals surface area contributed by atoms with Gasteiger partial charge in [0, 0.05) is 30.4 Å². The number of rotatable bonds is 5. The maximum absolute atomic E-state index is 13.1. The van der Waals surface area contributed by atoms with Crippen LogP contribution in [0.5, 0.6) is 0 Å². The molecule has 2 saturated carbocycles. The van der Waals surface area contributed by atoms with Gasteiger partial charge in [-0.05, 0) is 80.1 Å². The van der Waals surface area contributed by atoms with E-state index in [-0.39, 0.29) is 41.7 Å². The van der Waals surface area contributed by atoms with Crippen molar-refractivity contribution in [2.45, 2.75) is 70.3 Å². The zero-order chi connectivity index (χ0) is 24.3. The van der Waals surface area contributed by atoms with Gasteiger partial charge in [-0.15, -0.1) is 0 Å². The molecule has 0 radical (unpaired) electrons. The van der Waals surface area contributed by atoms with Gasteiger partial charge in [0.15, 0.2) is 17.3 Å². The van der Waals surface area contributed by atoms with Crippen molar-refractivity contribution < 1.29 is 24.2 Å². The Morgan fingerprint density at radius 1 is 1.12 bits per heavy atom. The van der Waals surface area contributed by atoms with E-state index < -0.39 is 11.0 Å². The van der Waals surface area contributed by atoms with Gasteiger partial charge in [0.2, 0.25) is 0 Å². The summed E-state index contributed by atoms with van der Waals surface area (Å²) < 4.78 is 5.15. The Morgan fingerprint density at radius 3 is 2.53 bits per heavy atom. The van der Waals surface area contributed by atoms with Crippen molar-refractivity contribution in [1.82, 2.24) is 0 Å². The van der Waals surface area contributed by atoms with Crippen molar-refractivity contribution in [1.29, 1.82) is 0 Å². The summed E-state index contributed by atoms with van der Waals surface area (Å²) in [6.07, 6.45) is 6.93. The molecule has 5 heteroatoms. The van der Waals surface area contributed by atoms with Gasteiger partial charge < -0.3 is 9.84 Å². The van der Waals surface area contributed by atoms with Gasteiger partial charge in [0.1, 0.15) is 12.2 Å². The lowest BCUT2D eigenvalue weighted by Crippen LogP contribution is -2.56. The summed E-state index contributed by atoms with van der Waals surface area (Å²) in [5.74, 6) is 0.557. The zero-order valence-electron chi connectivity index (χ0n) is 20.4. The summed E-state index contributed by atoms with van der Waals surface area (Å²) in [4.78, 5) is 37.2. The number of fused-ring (bicyclic) bond motifs is 4. The molecule has 0 heterocycles. The van der Waals surface area contributed by atoms with E-state index in [1.807, 2.05) is 30.3 Å². The first-order valence-electron chi connectivity index (χ1n) is 12.5. The van der Waals surface area contributed by atoms with Crippen LogP contribution in [0.3, 0.4) is 0 Å². The predicted molar refractivity (Wildman–Crippen MR) is 129 cm³/mol. The average molecular weight is 463 g/mol. The molecule has 4 aliphatic carbocycles. The molecule has 0 unspecified atom stereocenters. The van der Waals surface area contributed by atoms with E-state index in [0.29, 0.717) is 24.8 Å². The Labute approximate surface area is 201 Å². The third-order valence-electron chi connectivity index (χ3n) is 9.34. The Hall–Kier alpha value is -2.37. The number of methoxy groups -OCH3 is 1. The highest BCUT2D eigenvalue weighted by atomic mass is 16.5. The second-order valence-electron chi connectivity index (χ2n) is 10.9. The Balaban J connectivity index is 1.65. The number of ether oxygens (including phenoxy) is 1. The smallest absolute Gasteiger partial charge is 0.190 e. The lowest BCUT2D eigenvalue weighted by atomic mass is 9.50. The normalized spacial score (nSPS) is 34.8. The SMILES string of the molecule is COCC(=O)[C@@]1(O)CC[C@H]2[C@@H]3CCC4=CC(=O)CCC4=C3[C@@H](c3ccc(C(C)=O)cc3)C[C@@]21C. The van der Waals surface area contributed by atoms with E-state index in [4.69, 9.17) is 4.74 Å². The predicted octanol–water partition coefficient (Wildman–Crippen LogP) is 4.74. The molecule has 5 rings (SSSR count). The van der Waals surface area contributed by atoms with Gasteiger partial charge in [-0.1, -0.05) is 36.8 Å². The number of carbonyl (C=O) groups is 3. The van der Waals surface area contributed by atoms with Gasteiger partial charge in [0.25, 0.3) is 0 Å². The minimum atomic E-state index is -1.40. The average Bonchev–Trinajstić information content (AvgIpc) is 3.10. The molecule has 0 saturated heterocycles. The van der Waals surface area contributed by atoms with Gasteiger partial charge in [-0.2, -0.15) is 0 Å². The van der Waals surface area contributed by atoms with E-state index in [9.17, 15) is 19.5 Å². The summed E-state index contributed by atoms with van der Waals surface area (Å²) in [6, 6.07) is 7.83. The van der Waals surface area contributed by atoms with Crippen molar-refractivity contribution in [3.63, 3.8) is 0 Å². The van der Waals surface area contributed by atoms with Crippen molar-refractivity contribution in [3.05, 3.63) is 58.2 Å². The third kappa shape index (κ3) is 3.39. The fourth-order valence-electron chi connectivity index (χ4n) is 7.62. The minimum Gasteiger partial charge on any atom is -0.381 e. The number of hydrogen-bond donors (Lipinski definition) is 1. The van der Waals surface area contributed by atoms with Gasteiger partial charge in [-0.25, -0.2) is 0 Å². The number of Topliss-reactive ketones (excluding diaryl/α,β-unsaturated/α-hetero) is 2. The molecule has 1 N–H and O–H groups in total. The third-order valence-corrected chi connectivity index (χ3v) is 9.34. The molecular weight excluding hydrogens is 428 g/mol. The Bertz CT molecular complexity index is 1110. The van der Waals surface area contributed by atoms with Crippen LogP contribution in [0.1, 0.15) is 80.6 Å². The second-order valence-corrected chi connectivity index (χ2v) is 10.9. The molecule has 0 bridgehead atoms. The summed E-state index contributed by atoms with van der Waals surface area (Å²) >= 11 is 0. The first-order valence-corrected chi connectivity index (χ1v) is 12.5. The zero-order valence-corrected chi connectivity index (χ0v) is 20.4. The largest absolute Gasteiger partial charge is 0.381 e. The number of benzene rings is 1. The van der Waals surface area contributed by atoms with Gasteiger partial charge in [0.05, 0.1) is 0 Å². The minimum absolute atomic E-state index is 0.0335. The van der Waals surface area contributed by atoms with E-state index in [1.54, 1.807) is 6.92 Å². The van der Waals surface area contributed by atoms with Crippen LogP contribution in [0.4, 0.5) is 0 Å². The molecule has 5 nitrogen and oxygen atoms in total. The lowest BCUT2D eigenvalue weighted by Gasteiger charge is -2.54. The molecule has 0 aliphatic heterocycles. The van der Waals surface area contributed by atoms with Crippen molar-refractivity contribution in [2.24, 2.45) is 17.3 Å². The molecule has 1 aromatic carbocycles. The standard InChI is InChI=1S/C29H34O5/c1-17(30)18-4-6-19(7-5-18)24-15-28(2)25(12-13-29(28,33)26(32)16-34-3)23-10-8-20-14-21(31)9-11-22(20)27(23)24/h4-7,14,23-25,33H,8-13,15-16H2,1-3H3/t23-,24+,25-,28-,29-/m0/s1. The summed E-state index contributed by atoms with van der Waals surface area (Å²) in [5.41, 5.74) is 3.75. The summed E-state index contributed by atoms with van der Waals surface area (Å²) in [7, 11) is 1.50. The number of aliphatic hydroxyl groups is 1. The Kier molecular flexibility index (Phi) is 5.77. The van der Waals surface area contributed by atoms with E-state index in [0.717, 1.165) is 31.2 Å². The summed E-state index contributed by atoms with van der Waals surface area (Å²) in [6.45, 7) is 3.59. The van der Waals surface area contributed by atoms with Crippen molar-refractivity contribution >= 4 is 17.3 Å². The number of carbonyl (C=O) groups excluding carboxylic acids is 3. The highest BCUT2D eigenvalue weighted by Gasteiger charge is 2.65. The quantitative estimate of drug-likeness (QED) is 0.640. The second kappa shape index (κ2) is 8.39. The van der Waals surface area contributed by atoms with Crippen molar-refractivity contribution in [3.8, 4) is 0 Å². The molecule has 5 atom stereocenters. The lowest BCUT2D eigenvalue weighted by molar-refractivity contribution is -0.158. The maximum Gasteiger partial charge on any atom is 0.190 e. The molecule has 2 fully saturated rings. The molecular formula is C29H34O5. The van der Waals surface area contributed by atoms with Crippen LogP contribution < -0.4 is 0 Å². The molecule has 180 valence electrons. The fraction of sp³-hybridized carbons (Fsp3) is 0.552. The molecule has 1 aromatic rings. The van der Waals surface area contributed by atoms with Crippen LogP contribution >= 0.6 is 0 Å². The van der Waals surface area contributed by atoms with Crippen LogP contribution in [0.25, 0.3) is 0 Å². The summed E-state index contributed by atoms with van der Waals surface area (Å²) in [5, 5.41) is 11.8. The van der Waals surface area contributed by atoms with Crippen LogP contribution in [0, 0.1) is 17.3 Å². The molecule has 0 spiro atoms. The van der Waals surface area contributed by atoms with Crippen LogP contribution in [0.15, 0.2) is 47.1 Å². The van der Waals surface area contributed by atoms with Crippen molar-refractivity contribution in [2.75, 3.05) is 13.7 Å². The number of ketones is 3. The highest BCUT2D eigenvalue weighted by Crippen LogP contribution is 2.66. The molecule has 0 amide bonds. The van der Waals surface area contributed by atoms with Gasteiger partial charge >= 0.3 is 0 Å². The topological polar surface area (TPSA) is 80.7 Å². The van der Waals surface area contributed by atoms with E-state index >= 15 is 0 Å². The van der Waals surface area contributed by atoms with Gasteiger partial charge in [-0.3, -0.25) is 14.4 Å². The maximum atomic E-state index is 13.1. The van der Waals surface area contributed by atoms with E-state index in [2.05, 4.69) is 6.92 Å². The monoisotopic (exact) mass is 462 g/mol. The van der Waals surface area contributed by atoms with Crippen LogP contribution in [-0.2, 0) is 14.3 Å².